The number of aliphatic hydroxyl groups excluding tert-OH is 1. The molecule has 4 nitrogen and oxygen atoms in total. The van der Waals surface area contributed by atoms with Crippen LogP contribution < -0.4 is 5.73 Å². The average molecular weight is 189 g/mol. The molecule has 13 heavy (non-hydrogen) atoms. The van der Waals surface area contributed by atoms with Crippen LogP contribution in [0.15, 0.2) is 0 Å². The Morgan fingerprint density at radius 3 is 2.38 bits per heavy atom. The van der Waals surface area contributed by atoms with Gasteiger partial charge in [-0.25, -0.2) is 0 Å². The van der Waals surface area contributed by atoms with Gasteiger partial charge in [0.05, 0.1) is 0 Å². The maximum absolute atomic E-state index is 11.2. The van der Waals surface area contributed by atoms with Gasteiger partial charge in [-0.1, -0.05) is 13.8 Å². The zero-order valence-corrected chi connectivity index (χ0v) is 8.49. The maximum Gasteiger partial charge on any atom is 0.323 e. The molecule has 0 saturated heterocycles. The van der Waals surface area contributed by atoms with Gasteiger partial charge in [-0.05, 0) is 19.3 Å². The Bertz CT molecular complexity index is 159. The molecule has 4 heteroatoms. The molecule has 0 aromatic rings. The molecule has 0 radical (unpaired) electrons. The maximum atomic E-state index is 11.2. The second-order valence-electron chi connectivity index (χ2n) is 3.50. The summed E-state index contributed by atoms with van der Waals surface area (Å²) in [5.74, 6) is -0.152. The van der Waals surface area contributed by atoms with Gasteiger partial charge < -0.3 is 15.6 Å². The second kappa shape index (κ2) is 5.94. The number of hydrogen-bond acceptors (Lipinski definition) is 4. The Hall–Kier alpha value is -0.610. The Kier molecular flexibility index (Phi) is 5.66. The van der Waals surface area contributed by atoms with Gasteiger partial charge in [0.15, 0.2) is 0 Å². The average Bonchev–Trinajstić information content (AvgIpc) is 2.04. The number of carbonyl (C=O) groups is 1. The molecular weight excluding hydrogens is 170 g/mol. The summed E-state index contributed by atoms with van der Waals surface area (Å²) in [6.07, 6.45) is 0.126. The van der Waals surface area contributed by atoms with Crippen molar-refractivity contribution in [3.63, 3.8) is 0 Å². The molecule has 0 aliphatic rings. The first-order chi connectivity index (χ1) is 5.99. The van der Waals surface area contributed by atoms with Crippen LogP contribution in [0.2, 0.25) is 0 Å². The zero-order chi connectivity index (χ0) is 10.4. The molecule has 0 aromatic carbocycles. The topological polar surface area (TPSA) is 72.5 Å². The number of aliphatic hydroxyl groups is 1. The van der Waals surface area contributed by atoms with Crippen molar-refractivity contribution in [1.82, 2.24) is 0 Å². The minimum Gasteiger partial charge on any atom is -0.461 e. The van der Waals surface area contributed by atoms with Gasteiger partial charge in [0, 0.05) is 6.61 Å². The standard InChI is InChI=1S/C9H19NO3/c1-6(2)7(3)13-9(12)8(10)4-5-11/h6-8,11H,4-5,10H2,1-3H3/t7?,8-/m0/s1. The molecule has 0 aliphatic heterocycles. The number of carbonyl (C=O) groups excluding carboxylic acids is 1. The number of rotatable bonds is 5. The highest BCUT2D eigenvalue weighted by atomic mass is 16.5. The molecule has 0 amide bonds. The minimum atomic E-state index is -0.703. The Morgan fingerprint density at radius 2 is 2.00 bits per heavy atom. The SMILES string of the molecule is CC(C)C(C)OC(=O)[C@@H](N)CCO. The first kappa shape index (κ1) is 12.4. The fraction of sp³-hybridized carbons (Fsp3) is 0.889. The monoisotopic (exact) mass is 189 g/mol. The lowest BCUT2D eigenvalue weighted by molar-refractivity contribution is -0.152. The van der Waals surface area contributed by atoms with Gasteiger partial charge in [0.25, 0.3) is 0 Å². The summed E-state index contributed by atoms with van der Waals surface area (Å²) in [5.41, 5.74) is 5.44. The highest BCUT2D eigenvalue weighted by molar-refractivity contribution is 5.75. The Balaban J connectivity index is 3.85. The van der Waals surface area contributed by atoms with Crippen molar-refractivity contribution in [2.24, 2.45) is 11.7 Å². The van der Waals surface area contributed by atoms with Crippen LogP contribution in [0.25, 0.3) is 0 Å². The predicted molar refractivity (Wildman–Crippen MR) is 50.1 cm³/mol. The van der Waals surface area contributed by atoms with E-state index in [-0.39, 0.29) is 25.0 Å². The van der Waals surface area contributed by atoms with Gasteiger partial charge >= 0.3 is 5.97 Å². The van der Waals surface area contributed by atoms with E-state index in [1.807, 2.05) is 20.8 Å². The molecule has 0 rings (SSSR count). The van der Waals surface area contributed by atoms with E-state index in [9.17, 15) is 4.79 Å². The van der Waals surface area contributed by atoms with E-state index in [4.69, 9.17) is 15.6 Å². The third kappa shape index (κ3) is 4.85. The third-order valence-electron chi connectivity index (χ3n) is 1.98. The smallest absolute Gasteiger partial charge is 0.323 e. The van der Waals surface area contributed by atoms with Crippen molar-refractivity contribution in [3.8, 4) is 0 Å². The molecule has 1 unspecified atom stereocenters. The second-order valence-corrected chi connectivity index (χ2v) is 3.50. The van der Waals surface area contributed by atoms with Crippen molar-refractivity contribution in [2.75, 3.05) is 6.61 Å². The highest BCUT2D eigenvalue weighted by Crippen LogP contribution is 2.06. The molecule has 0 heterocycles. The molecule has 0 fully saturated rings. The summed E-state index contributed by atoms with van der Waals surface area (Å²) in [4.78, 5) is 11.2. The summed E-state index contributed by atoms with van der Waals surface area (Å²) in [7, 11) is 0. The number of hydrogen-bond donors (Lipinski definition) is 2. The van der Waals surface area contributed by atoms with Crippen LogP contribution >= 0.6 is 0 Å². The third-order valence-corrected chi connectivity index (χ3v) is 1.98. The summed E-state index contributed by atoms with van der Waals surface area (Å²) < 4.78 is 5.05. The first-order valence-electron chi connectivity index (χ1n) is 4.56. The van der Waals surface area contributed by atoms with E-state index in [0.717, 1.165) is 0 Å². The molecular formula is C9H19NO3. The summed E-state index contributed by atoms with van der Waals surface area (Å²) in [6.45, 7) is 5.67. The molecule has 0 bridgehead atoms. The van der Waals surface area contributed by atoms with Crippen LogP contribution in [0, 0.1) is 5.92 Å². The van der Waals surface area contributed by atoms with E-state index < -0.39 is 12.0 Å². The highest BCUT2D eigenvalue weighted by Gasteiger charge is 2.18. The Labute approximate surface area is 79.1 Å². The molecule has 0 saturated carbocycles. The van der Waals surface area contributed by atoms with Crippen LogP contribution in [-0.4, -0.2) is 29.8 Å². The van der Waals surface area contributed by atoms with Gasteiger partial charge in [0.2, 0.25) is 0 Å². The minimum absolute atomic E-state index is 0.0909. The van der Waals surface area contributed by atoms with Crippen LogP contribution in [0.4, 0.5) is 0 Å². The summed E-state index contributed by atoms with van der Waals surface area (Å²) in [6, 6.07) is -0.703. The lowest BCUT2D eigenvalue weighted by atomic mass is 10.1. The normalized spacial score (nSPS) is 15.5. The molecule has 3 N–H and O–H groups in total. The zero-order valence-electron chi connectivity index (χ0n) is 8.49. The van der Waals surface area contributed by atoms with E-state index >= 15 is 0 Å². The van der Waals surface area contributed by atoms with Gasteiger partial charge in [0.1, 0.15) is 12.1 Å². The molecule has 2 atom stereocenters. The van der Waals surface area contributed by atoms with Crippen molar-refractivity contribution in [2.45, 2.75) is 39.3 Å². The van der Waals surface area contributed by atoms with E-state index in [1.165, 1.54) is 0 Å². The fourth-order valence-electron chi connectivity index (χ4n) is 0.664. The number of esters is 1. The molecule has 0 aromatic heterocycles. The lowest BCUT2D eigenvalue weighted by Crippen LogP contribution is -2.36. The van der Waals surface area contributed by atoms with Crippen molar-refractivity contribution in [1.29, 1.82) is 0 Å². The lowest BCUT2D eigenvalue weighted by Gasteiger charge is -2.18. The Morgan fingerprint density at radius 1 is 1.46 bits per heavy atom. The van der Waals surface area contributed by atoms with Gasteiger partial charge in [-0.3, -0.25) is 4.79 Å². The van der Waals surface area contributed by atoms with E-state index in [1.54, 1.807) is 0 Å². The van der Waals surface area contributed by atoms with Gasteiger partial charge in [-0.15, -0.1) is 0 Å². The van der Waals surface area contributed by atoms with Crippen LogP contribution in [-0.2, 0) is 9.53 Å². The summed E-state index contributed by atoms with van der Waals surface area (Å²) in [5, 5.41) is 8.54. The van der Waals surface area contributed by atoms with E-state index in [0.29, 0.717) is 0 Å². The number of ether oxygens (including phenoxy) is 1. The number of nitrogens with two attached hydrogens (primary N) is 1. The fourth-order valence-corrected chi connectivity index (χ4v) is 0.664. The largest absolute Gasteiger partial charge is 0.461 e. The van der Waals surface area contributed by atoms with Crippen LogP contribution in [0.1, 0.15) is 27.2 Å². The van der Waals surface area contributed by atoms with Crippen LogP contribution in [0.3, 0.4) is 0 Å². The van der Waals surface area contributed by atoms with Crippen molar-refractivity contribution in [3.05, 3.63) is 0 Å². The molecule has 0 spiro atoms. The van der Waals surface area contributed by atoms with Crippen molar-refractivity contribution < 1.29 is 14.6 Å². The van der Waals surface area contributed by atoms with Crippen LogP contribution in [0.5, 0.6) is 0 Å². The first-order valence-corrected chi connectivity index (χ1v) is 4.56. The predicted octanol–water partition coefficient (Wildman–Crippen LogP) is 0.284. The molecule has 78 valence electrons. The quantitative estimate of drug-likeness (QED) is 0.609. The summed E-state index contributed by atoms with van der Waals surface area (Å²) >= 11 is 0. The van der Waals surface area contributed by atoms with Crippen molar-refractivity contribution >= 4 is 5.97 Å². The molecule has 0 aliphatic carbocycles. The van der Waals surface area contributed by atoms with Gasteiger partial charge in [-0.2, -0.15) is 0 Å². The van der Waals surface area contributed by atoms with E-state index in [2.05, 4.69) is 0 Å².